The van der Waals surface area contributed by atoms with E-state index in [9.17, 15) is 18.0 Å². The van der Waals surface area contributed by atoms with Crippen LogP contribution in [0.2, 0.25) is 0 Å². The Bertz CT molecular complexity index is 1560. The third kappa shape index (κ3) is 4.06. The highest BCUT2D eigenvalue weighted by atomic mass is 19.3. The summed E-state index contributed by atoms with van der Waals surface area (Å²) in [6.45, 7) is 2.65. The van der Waals surface area contributed by atoms with Crippen LogP contribution in [0.4, 0.5) is 19.1 Å². The lowest BCUT2D eigenvalue weighted by Crippen LogP contribution is -2.40. The maximum absolute atomic E-state index is 14.7. The molecule has 2 aromatic carbocycles. The summed E-state index contributed by atoms with van der Waals surface area (Å²) in [6.07, 6.45) is 3.70. The zero-order valence-corrected chi connectivity index (χ0v) is 20.3. The van der Waals surface area contributed by atoms with Gasteiger partial charge in [0.1, 0.15) is 17.9 Å². The van der Waals surface area contributed by atoms with E-state index in [1.807, 2.05) is 25.1 Å². The average Bonchev–Trinajstić information content (AvgIpc) is 3.49. The number of hydrogen-bond donors (Lipinski definition) is 1. The summed E-state index contributed by atoms with van der Waals surface area (Å²) < 4.78 is 50.0. The van der Waals surface area contributed by atoms with E-state index in [0.29, 0.717) is 41.4 Å². The zero-order chi connectivity index (χ0) is 25.9. The SMILES string of the molecule is Cc1ccc2c(c1)CN(CC(C)(F)F)C(=O)c1ncn3c(NCc4c(F)ccc5c4CCO5)ncc-2c13. The molecule has 4 heterocycles. The van der Waals surface area contributed by atoms with E-state index in [0.717, 1.165) is 34.1 Å². The van der Waals surface area contributed by atoms with Crippen molar-refractivity contribution >= 4 is 17.4 Å². The Hall–Kier alpha value is -4.08. The van der Waals surface area contributed by atoms with Crippen LogP contribution < -0.4 is 10.1 Å². The molecule has 7 nitrogen and oxygen atoms in total. The minimum Gasteiger partial charge on any atom is -0.493 e. The lowest BCUT2D eigenvalue weighted by Gasteiger charge is -2.28. The number of benzene rings is 2. The van der Waals surface area contributed by atoms with E-state index < -0.39 is 18.4 Å². The molecular formula is C27H24F3N5O2. The number of rotatable bonds is 5. The molecule has 0 saturated heterocycles. The van der Waals surface area contributed by atoms with Crippen LogP contribution in [0, 0.1) is 12.7 Å². The lowest BCUT2D eigenvalue weighted by molar-refractivity contribution is -0.0128. The summed E-state index contributed by atoms with van der Waals surface area (Å²) in [7, 11) is 0. The van der Waals surface area contributed by atoms with Gasteiger partial charge in [-0.1, -0.05) is 23.8 Å². The molecule has 0 saturated carbocycles. The molecule has 0 bridgehead atoms. The second kappa shape index (κ2) is 8.50. The van der Waals surface area contributed by atoms with Gasteiger partial charge in [0.15, 0.2) is 5.69 Å². The van der Waals surface area contributed by atoms with Crippen LogP contribution in [-0.4, -0.2) is 44.2 Å². The molecule has 0 radical (unpaired) electrons. The second-order valence-electron chi connectivity index (χ2n) is 9.65. The Balaban J connectivity index is 1.46. The van der Waals surface area contributed by atoms with Crippen molar-refractivity contribution in [3.63, 3.8) is 0 Å². The number of nitrogens with zero attached hydrogens (tertiary/aromatic N) is 4. The summed E-state index contributed by atoms with van der Waals surface area (Å²) in [5.74, 6) is -2.98. The number of amides is 1. The van der Waals surface area contributed by atoms with E-state index in [4.69, 9.17) is 4.74 Å². The van der Waals surface area contributed by atoms with Crippen LogP contribution in [0.3, 0.4) is 0 Å². The molecule has 37 heavy (non-hydrogen) atoms. The highest BCUT2D eigenvalue weighted by Crippen LogP contribution is 2.36. The smallest absolute Gasteiger partial charge is 0.275 e. The third-order valence-electron chi connectivity index (χ3n) is 6.80. The molecule has 2 aliphatic heterocycles. The van der Waals surface area contributed by atoms with Crippen LogP contribution in [0.5, 0.6) is 5.75 Å². The second-order valence-corrected chi connectivity index (χ2v) is 9.65. The average molecular weight is 508 g/mol. The van der Waals surface area contributed by atoms with Gasteiger partial charge in [0, 0.05) is 49.3 Å². The Morgan fingerprint density at radius 1 is 1.16 bits per heavy atom. The Kier molecular flexibility index (Phi) is 5.36. The number of aromatic nitrogens is 3. The first-order chi connectivity index (χ1) is 17.7. The number of aryl methyl sites for hydroxylation is 1. The number of anilines is 1. The number of carbonyl (C=O) groups excluding carboxylic acids is 1. The molecule has 190 valence electrons. The first-order valence-corrected chi connectivity index (χ1v) is 12.0. The van der Waals surface area contributed by atoms with Crippen LogP contribution >= 0.6 is 0 Å². The van der Waals surface area contributed by atoms with Gasteiger partial charge in [-0.15, -0.1) is 0 Å². The molecule has 6 rings (SSSR count). The highest BCUT2D eigenvalue weighted by Gasteiger charge is 2.34. The van der Waals surface area contributed by atoms with Gasteiger partial charge in [-0.2, -0.15) is 0 Å². The van der Waals surface area contributed by atoms with Crippen LogP contribution in [0.15, 0.2) is 42.9 Å². The summed E-state index contributed by atoms with van der Waals surface area (Å²) >= 11 is 0. The highest BCUT2D eigenvalue weighted by molar-refractivity contribution is 6.04. The predicted octanol–water partition coefficient (Wildman–Crippen LogP) is 5.00. The van der Waals surface area contributed by atoms with Crippen molar-refractivity contribution in [2.24, 2.45) is 0 Å². The number of hydrogen-bond acceptors (Lipinski definition) is 5. The summed E-state index contributed by atoms with van der Waals surface area (Å²) in [5, 5.41) is 3.17. The standard InChI is InChI=1S/C27H24F3N5O2/c1-15-3-4-17-16(9-15)12-34(13-27(2,29)30)25(36)23-24-20(17)11-32-26(35(24)14-33-23)31-10-19-18-7-8-37-22(18)6-5-21(19)28/h3-6,9,11,14H,7-8,10,12-13H2,1-2H3,(H,31,32). The van der Waals surface area contributed by atoms with Crippen LogP contribution in [-0.2, 0) is 19.5 Å². The molecule has 0 aliphatic carbocycles. The molecule has 0 unspecified atom stereocenters. The Labute approximate surface area is 210 Å². The summed E-state index contributed by atoms with van der Waals surface area (Å²) in [4.78, 5) is 23.5. The number of alkyl halides is 2. The van der Waals surface area contributed by atoms with Gasteiger partial charge >= 0.3 is 0 Å². The van der Waals surface area contributed by atoms with Crippen molar-refractivity contribution in [2.45, 2.75) is 39.3 Å². The van der Waals surface area contributed by atoms with Crippen molar-refractivity contribution in [3.05, 3.63) is 76.6 Å². The molecular weight excluding hydrogens is 483 g/mol. The van der Waals surface area contributed by atoms with Crippen LogP contribution in [0.25, 0.3) is 16.6 Å². The molecule has 0 spiro atoms. The molecule has 10 heteroatoms. The number of fused-ring (bicyclic) bond motifs is 3. The van der Waals surface area contributed by atoms with Crippen molar-refractivity contribution < 1.29 is 22.7 Å². The van der Waals surface area contributed by atoms with E-state index in [1.165, 1.54) is 12.4 Å². The van der Waals surface area contributed by atoms with Crippen molar-refractivity contribution in [1.82, 2.24) is 19.3 Å². The van der Waals surface area contributed by atoms with Gasteiger partial charge in [-0.3, -0.25) is 9.20 Å². The van der Waals surface area contributed by atoms with Gasteiger partial charge in [-0.25, -0.2) is 23.1 Å². The van der Waals surface area contributed by atoms with E-state index in [-0.39, 0.29) is 24.6 Å². The van der Waals surface area contributed by atoms with E-state index >= 15 is 0 Å². The maximum atomic E-state index is 14.7. The number of imidazole rings is 1. The number of nitrogens with one attached hydrogen (secondary N) is 1. The Morgan fingerprint density at radius 3 is 2.81 bits per heavy atom. The van der Waals surface area contributed by atoms with E-state index in [2.05, 4.69) is 15.3 Å². The first-order valence-electron chi connectivity index (χ1n) is 12.0. The fraction of sp³-hybridized carbons (Fsp3) is 0.296. The molecule has 1 N–H and O–H groups in total. The van der Waals surface area contributed by atoms with Gasteiger partial charge in [0.2, 0.25) is 5.95 Å². The summed E-state index contributed by atoms with van der Waals surface area (Å²) in [6, 6.07) is 8.74. The fourth-order valence-electron chi connectivity index (χ4n) is 5.18. The molecule has 2 aliphatic rings. The quantitative estimate of drug-likeness (QED) is 0.412. The normalized spacial score (nSPS) is 14.7. The monoisotopic (exact) mass is 507 g/mol. The largest absolute Gasteiger partial charge is 0.493 e. The molecule has 0 atom stereocenters. The van der Waals surface area contributed by atoms with Crippen molar-refractivity contribution in [1.29, 1.82) is 0 Å². The number of carbonyl (C=O) groups is 1. The molecule has 0 fully saturated rings. The topological polar surface area (TPSA) is 71.8 Å². The zero-order valence-electron chi connectivity index (χ0n) is 20.3. The predicted molar refractivity (Wildman–Crippen MR) is 131 cm³/mol. The molecule has 4 aromatic rings. The van der Waals surface area contributed by atoms with Crippen molar-refractivity contribution in [2.75, 3.05) is 18.5 Å². The lowest BCUT2D eigenvalue weighted by atomic mass is 9.95. The minimum atomic E-state index is -3.07. The number of ether oxygens (including phenoxy) is 1. The minimum absolute atomic E-state index is 0.0260. The van der Waals surface area contributed by atoms with Gasteiger partial charge in [0.05, 0.1) is 18.7 Å². The Morgan fingerprint density at radius 2 is 2.00 bits per heavy atom. The van der Waals surface area contributed by atoms with Gasteiger partial charge in [-0.05, 0) is 30.2 Å². The molecule has 1 amide bonds. The first kappa shape index (κ1) is 23.3. The van der Waals surface area contributed by atoms with Gasteiger partial charge < -0.3 is 15.0 Å². The van der Waals surface area contributed by atoms with Gasteiger partial charge in [0.25, 0.3) is 11.8 Å². The third-order valence-corrected chi connectivity index (χ3v) is 6.80. The molecule has 2 aromatic heterocycles. The maximum Gasteiger partial charge on any atom is 0.275 e. The van der Waals surface area contributed by atoms with Crippen molar-refractivity contribution in [3.8, 4) is 16.9 Å². The van der Waals surface area contributed by atoms with E-state index in [1.54, 1.807) is 16.7 Å². The fourth-order valence-corrected chi connectivity index (χ4v) is 5.18. The van der Waals surface area contributed by atoms with Crippen LogP contribution in [0.1, 0.15) is 39.7 Å². The summed E-state index contributed by atoms with van der Waals surface area (Å²) in [5.41, 5.74) is 4.99. The number of halogens is 3.